The van der Waals surface area contributed by atoms with Crippen LogP contribution in [0, 0.1) is 0 Å². The number of rotatable bonds is 5. The Bertz CT molecular complexity index is 479. The SMILES string of the molecule is CC(NCC(C)(C)S(C)(=O)=O)c1cc(Br)cs1. The summed E-state index contributed by atoms with van der Waals surface area (Å²) in [5.74, 6) is 0. The van der Waals surface area contributed by atoms with E-state index in [0.29, 0.717) is 6.54 Å². The van der Waals surface area contributed by atoms with Crippen molar-refractivity contribution in [3.63, 3.8) is 0 Å². The number of thiophene rings is 1. The summed E-state index contributed by atoms with van der Waals surface area (Å²) >= 11 is 5.07. The van der Waals surface area contributed by atoms with Crippen molar-refractivity contribution in [3.8, 4) is 0 Å². The molecule has 0 fully saturated rings. The van der Waals surface area contributed by atoms with Crippen molar-refractivity contribution in [2.75, 3.05) is 12.8 Å². The molecule has 1 atom stereocenters. The molecule has 0 saturated heterocycles. The van der Waals surface area contributed by atoms with Crippen LogP contribution in [-0.2, 0) is 9.84 Å². The predicted molar refractivity (Wildman–Crippen MR) is 77.4 cm³/mol. The van der Waals surface area contributed by atoms with E-state index in [0.717, 1.165) is 4.47 Å². The van der Waals surface area contributed by atoms with Gasteiger partial charge in [0.2, 0.25) is 0 Å². The lowest BCUT2D eigenvalue weighted by Crippen LogP contribution is -2.42. The van der Waals surface area contributed by atoms with E-state index in [1.807, 2.05) is 12.3 Å². The largest absolute Gasteiger partial charge is 0.308 e. The third-order valence-corrected chi connectivity index (χ3v) is 6.88. The molecular formula is C11H18BrNO2S2. The van der Waals surface area contributed by atoms with Crippen LogP contribution in [0.15, 0.2) is 15.9 Å². The molecule has 1 heterocycles. The Morgan fingerprint density at radius 3 is 2.53 bits per heavy atom. The molecule has 98 valence electrons. The molecule has 0 aliphatic carbocycles. The molecule has 0 aromatic carbocycles. The Morgan fingerprint density at radius 1 is 1.53 bits per heavy atom. The van der Waals surface area contributed by atoms with Crippen LogP contribution < -0.4 is 5.32 Å². The molecule has 0 bridgehead atoms. The van der Waals surface area contributed by atoms with Gasteiger partial charge in [-0.05, 0) is 42.8 Å². The Balaban J connectivity index is 2.63. The molecule has 1 aromatic rings. The van der Waals surface area contributed by atoms with Gasteiger partial charge in [0.05, 0.1) is 4.75 Å². The van der Waals surface area contributed by atoms with E-state index in [-0.39, 0.29) is 6.04 Å². The first-order valence-corrected chi connectivity index (χ1v) is 8.87. The number of hydrogen-bond acceptors (Lipinski definition) is 4. The van der Waals surface area contributed by atoms with Crippen LogP contribution in [0.25, 0.3) is 0 Å². The van der Waals surface area contributed by atoms with Gasteiger partial charge < -0.3 is 5.32 Å². The fraction of sp³-hybridized carbons (Fsp3) is 0.636. The molecule has 0 amide bonds. The normalized spacial score (nSPS) is 14.9. The molecule has 1 aromatic heterocycles. The summed E-state index contributed by atoms with van der Waals surface area (Å²) < 4.78 is 23.4. The van der Waals surface area contributed by atoms with Crippen molar-refractivity contribution in [3.05, 3.63) is 20.8 Å². The second-order valence-electron chi connectivity index (χ2n) is 4.80. The highest BCUT2D eigenvalue weighted by atomic mass is 79.9. The minimum Gasteiger partial charge on any atom is -0.308 e. The lowest BCUT2D eigenvalue weighted by Gasteiger charge is -2.25. The Morgan fingerprint density at radius 2 is 2.12 bits per heavy atom. The molecule has 0 spiro atoms. The first kappa shape index (κ1) is 15.1. The smallest absolute Gasteiger partial charge is 0.153 e. The maximum absolute atomic E-state index is 11.6. The molecule has 0 aliphatic rings. The van der Waals surface area contributed by atoms with Gasteiger partial charge in [0, 0.05) is 33.6 Å². The molecule has 17 heavy (non-hydrogen) atoms. The van der Waals surface area contributed by atoms with Gasteiger partial charge in [-0.15, -0.1) is 11.3 Å². The summed E-state index contributed by atoms with van der Waals surface area (Å²) in [5, 5.41) is 5.29. The molecule has 6 heteroatoms. The lowest BCUT2D eigenvalue weighted by atomic mass is 10.2. The molecular weight excluding hydrogens is 322 g/mol. The van der Waals surface area contributed by atoms with E-state index in [1.54, 1.807) is 25.2 Å². The average Bonchev–Trinajstić information content (AvgIpc) is 2.59. The van der Waals surface area contributed by atoms with Crippen LogP contribution in [0.1, 0.15) is 31.7 Å². The van der Waals surface area contributed by atoms with Crippen LogP contribution in [0.4, 0.5) is 0 Å². The molecule has 0 radical (unpaired) electrons. The number of hydrogen-bond donors (Lipinski definition) is 1. The summed E-state index contributed by atoms with van der Waals surface area (Å²) in [6.07, 6.45) is 1.28. The minimum absolute atomic E-state index is 0.160. The zero-order chi connectivity index (χ0) is 13.3. The Kier molecular flexibility index (Phi) is 4.80. The molecule has 0 aliphatic heterocycles. The summed E-state index contributed by atoms with van der Waals surface area (Å²) in [7, 11) is -3.04. The standard InChI is InChI=1S/C11H18BrNO2S2/c1-8(10-5-9(12)6-16-10)13-7-11(2,3)17(4,14)15/h5-6,8,13H,7H2,1-4H3. The monoisotopic (exact) mass is 339 g/mol. The lowest BCUT2D eigenvalue weighted by molar-refractivity contribution is 0.492. The maximum atomic E-state index is 11.6. The third kappa shape index (κ3) is 4.05. The first-order chi connectivity index (χ1) is 7.63. The maximum Gasteiger partial charge on any atom is 0.153 e. The van der Waals surface area contributed by atoms with Crippen LogP contribution in [0.3, 0.4) is 0 Å². The van der Waals surface area contributed by atoms with Crippen molar-refractivity contribution in [2.45, 2.75) is 31.6 Å². The van der Waals surface area contributed by atoms with Crippen molar-refractivity contribution >= 4 is 37.1 Å². The third-order valence-electron chi connectivity index (χ3n) is 2.85. The number of halogens is 1. The van der Waals surface area contributed by atoms with Gasteiger partial charge in [0.25, 0.3) is 0 Å². The quantitative estimate of drug-likeness (QED) is 0.896. The van der Waals surface area contributed by atoms with Gasteiger partial charge in [-0.3, -0.25) is 0 Å². The van der Waals surface area contributed by atoms with E-state index < -0.39 is 14.6 Å². The molecule has 1 N–H and O–H groups in total. The van der Waals surface area contributed by atoms with Crippen LogP contribution >= 0.6 is 27.3 Å². The molecule has 0 saturated carbocycles. The fourth-order valence-electron chi connectivity index (χ4n) is 1.19. The number of nitrogens with one attached hydrogen (secondary N) is 1. The minimum atomic E-state index is -3.04. The second-order valence-corrected chi connectivity index (χ2v) is 9.31. The van der Waals surface area contributed by atoms with E-state index in [2.05, 4.69) is 27.3 Å². The van der Waals surface area contributed by atoms with Gasteiger partial charge in [0.15, 0.2) is 9.84 Å². The highest BCUT2D eigenvalue weighted by molar-refractivity contribution is 9.10. The molecule has 1 rings (SSSR count). The molecule has 3 nitrogen and oxygen atoms in total. The van der Waals surface area contributed by atoms with Crippen molar-refractivity contribution in [2.24, 2.45) is 0 Å². The summed E-state index contributed by atoms with van der Waals surface area (Å²) in [4.78, 5) is 1.20. The van der Waals surface area contributed by atoms with Gasteiger partial charge >= 0.3 is 0 Å². The first-order valence-electron chi connectivity index (χ1n) is 5.30. The Hall–Kier alpha value is 0.0900. The summed E-state index contributed by atoms with van der Waals surface area (Å²) in [6.45, 7) is 5.97. The van der Waals surface area contributed by atoms with Crippen LogP contribution in [-0.4, -0.2) is 26.0 Å². The van der Waals surface area contributed by atoms with Crippen LogP contribution in [0.5, 0.6) is 0 Å². The van der Waals surface area contributed by atoms with E-state index in [4.69, 9.17) is 0 Å². The highest BCUT2D eigenvalue weighted by Crippen LogP contribution is 2.26. The van der Waals surface area contributed by atoms with Crippen molar-refractivity contribution in [1.29, 1.82) is 0 Å². The highest BCUT2D eigenvalue weighted by Gasteiger charge is 2.30. The van der Waals surface area contributed by atoms with Gasteiger partial charge in [0.1, 0.15) is 0 Å². The van der Waals surface area contributed by atoms with Gasteiger partial charge in [-0.1, -0.05) is 0 Å². The number of sulfone groups is 1. The fourth-order valence-corrected chi connectivity index (χ4v) is 3.01. The van der Waals surface area contributed by atoms with E-state index in [1.165, 1.54) is 11.1 Å². The zero-order valence-corrected chi connectivity index (χ0v) is 13.7. The topological polar surface area (TPSA) is 46.2 Å². The Labute approximate surface area is 116 Å². The van der Waals surface area contributed by atoms with Gasteiger partial charge in [-0.2, -0.15) is 0 Å². The average molecular weight is 340 g/mol. The van der Waals surface area contributed by atoms with E-state index >= 15 is 0 Å². The second kappa shape index (κ2) is 5.38. The molecule has 1 unspecified atom stereocenters. The summed E-state index contributed by atoms with van der Waals surface area (Å²) in [5.41, 5.74) is 0. The van der Waals surface area contributed by atoms with Crippen molar-refractivity contribution in [1.82, 2.24) is 5.32 Å². The van der Waals surface area contributed by atoms with Crippen molar-refractivity contribution < 1.29 is 8.42 Å². The predicted octanol–water partition coefficient (Wildman–Crippen LogP) is 2.98. The zero-order valence-electron chi connectivity index (χ0n) is 10.5. The van der Waals surface area contributed by atoms with Gasteiger partial charge in [-0.25, -0.2) is 8.42 Å². The summed E-state index contributed by atoms with van der Waals surface area (Å²) in [6, 6.07) is 2.21. The van der Waals surface area contributed by atoms with E-state index in [9.17, 15) is 8.42 Å². The van der Waals surface area contributed by atoms with Crippen LogP contribution in [0.2, 0.25) is 0 Å².